The zero-order valence-corrected chi connectivity index (χ0v) is 15.0. The number of carbonyl (C=O) groups excluding carboxylic acids is 2. The van der Waals surface area contributed by atoms with Gasteiger partial charge in [0.2, 0.25) is 11.8 Å². The molecule has 0 spiro atoms. The van der Waals surface area contributed by atoms with Gasteiger partial charge in [0.15, 0.2) is 0 Å². The van der Waals surface area contributed by atoms with Gasteiger partial charge in [0.1, 0.15) is 0 Å². The maximum Gasteiger partial charge on any atom is 0.226 e. The van der Waals surface area contributed by atoms with Gasteiger partial charge in [0.05, 0.1) is 0 Å². The molecule has 0 bridgehead atoms. The van der Waals surface area contributed by atoms with Crippen molar-refractivity contribution in [2.45, 2.75) is 32.6 Å². The summed E-state index contributed by atoms with van der Waals surface area (Å²) in [5.41, 5.74) is 7.49. The number of rotatable bonds is 6. The Kier molecular flexibility index (Phi) is 6.59. The van der Waals surface area contributed by atoms with E-state index in [0.29, 0.717) is 13.1 Å². The Morgan fingerprint density at radius 3 is 2.87 bits per heavy atom. The number of amides is 2. The highest BCUT2D eigenvalue weighted by molar-refractivity contribution is 9.10. The zero-order chi connectivity index (χ0) is 16.8. The molecule has 6 heteroatoms. The van der Waals surface area contributed by atoms with Gasteiger partial charge < -0.3 is 16.4 Å². The third-order valence-electron chi connectivity index (χ3n) is 4.42. The van der Waals surface area contributed by atoms with Crippen LogP contribution in [0, 0.1) is 18.8 Å². The fourth-order valence-corrected chi connectivity index (χ4v) is 3.40. The highest BCUT2D eigenvalue weighted by Crippen LogP contribution is 2.30. The van der Waals surface area contributed by atoms with Crippen LogP contribution >= 0.6 is 15.9 Å². The first-order chi connectivity index (χ1) is 11.0. The molecule has 0 saturated heterocycles. The van der Waals surface area contributed by atoms with Crippen LogP contribution in [0.4, 0.5) is 5.69 Å². The summed E-state index contributed by atoms with van der Waals surface area (Å²) in [5.74, 6) is 0.223. The van der Waals surface area contributed by atoms with Crippen molar-refractivity contribution in [2.24, 2.45) is 17.6 Å². The summed E-state index contributed by atoms with van der Waals surface area (Å²) in [7, 11) is 0. The molecule has 2 atom stereocenters. The van der Waals surface area contributed by atoms with E-state index in [1.54, 1.807) is 0 Å². The monoisotopic (exact) mass is 381 g/mol. The Labute approximate surface area is 145 Å². The Bertz CT molecular complexity index is 577. The Morgan fingerprint density at radius 1 is 1.35 bits per heavy atom. The van der Waals surface area contributed by atoms with Crippen LogP contribution in [0.5, 0.6) is 0 Å². The minimum absolute atomic E-state index is 0.00962. The highest BCUT2D eigenvalue weighted by Gasteiger charge is 2.31. The van der Waals surface area contributed by atoms with Crippen molar-refractivity contribution in [1.82, 2.24) is 5.32 Å². The van der Waals surface area contributed by atoms with Gasteiger partial charge in [-0.25, -0.2) is 0 Å². The third kappa shape index (κ3) is 5.04. The number of benzene rings is 1. The number of hydrogen-bond acceptors (Lipinski definition) is 3. The van der Waals surface area contributed by atoms with Crippen LogP contribution in [0.3, 0.4) is 0 Å². The molecule has 2 rings (SSSR count). The lowest BCUT2D eigenvalue weighted by atomic mass is 9.95. The number of nitrogens with two attached hydrogens (primary N) is 1. The number of nitrogens with one attached hydrogen (secondary N) is 2. The second-order valence-corrected chi connectivity index (χ2v) is 7.00. The normalized spacial score (nSPS) is 20.3. The van der Waals surface area contributed by atoms with E-state index in [9.17, 15) is 9.59 Å². The van der Waals surface area contributed by atoms with Gasteiger partial charge in [-0.05, 0) is 49.9 Å². The second kappa shape index (κ2) is 8.45. The van der Waals surface area contributed by atoms with Gasteiger partial charge in [-0.15, -0.1) is 0 Å². The molecular formula is C17H24BrN3O2. The van der Waals surface area contributed by atoms with Crippen LogP contribution in [0.2, 0.25) is 0 Å². The van der Waals surface area contributed by atoms with Crippen molar-refractivity contribution in [3.05, 3.63) is 28.2 Å². The SMILES string of the molecule is Cc1ccc(Br)cc1NC(=O)CCNC(=O)[C@@H]1CCC[C@@H]1CN. The highest BCUT2D eigenvalue weighted by atomic mass is 79.9. The first kappa shape index (κ1) is 17.9. The molecule has 0 unspecified atom stereocenters. The van der Waals surface area contributed by atoms with Crippen LogP contribution in [-0.4, -0.2) is 24.9 Å². The first-order valence-electron chi connectivity index (χ1n) is 8.05. The molecule has 0 radical (unpaired) electrons. The summed E-state index contributed by atoms with van der Waals surface area (Å²) < 4.78 is 0.917. The molecule has 1 aromatic rings. The van der Waals surface area contributed by atoms with E-state index in [1.165, 1.54) is 0 Å². The van der Waals surface area contributed by atoms with Gasteiger partial charge in [-0.1, -0.05) is 28.4 Å². The van der Waals surface area contributed by atoms with Gasteiger partial charge in [0.25, 0.3) is 0 Å². The Balaban J connectivity index is 1.76. The maximum absolute atomic E-state index is 12.1. The van der Waals surface area contributed by atoms with E-state index in [-0.39, 0.29) is 30.1 Å². The van der Waals surface area contributed by atoms with E-state index in [4.69, 9.17) is 5.73 Å². The van der Waals surface area contributed by atoms with Crippen LogP contribution in [0.25, 0.3) is 0 Å². The van der Waals surface area contributed by atoms with E-state index in [1.807, 2.05) is 25.1 Å². The predicted molar refractivity (Wildman–Crippen MR) is 95.0 cm³/mol. The average molecular weight is 382 g/mol. The summed E-state index contributed by atoms with van der Waals surface area (Å²) in [6, 6.07) is 5.74. The molecule has 4 N–H and O–H groups in total. The van der Waals surface area contributed by atoms with E-state index >= 15 is 0 Å². The molecule has 1 saturated carbocycles. The Hall–Kier alpha value is -1.40. The average Bonchev–Trinajstić information content (AvgIpc) is 2.99. The van der Waals surface area contributed by atoms with Crippen molar-refractivity contribution in [2.75, 3.05) is 18.4 Å². The first-order valence-corrected chi connectivity index (χ1v) is 8.84. The van der Waals surface area contributed by atoms with Crippen molar-refractivity contribution in [3.63, 3.8) is 0 Å². The summed E-state index contributed by atoms with van der Waals surface area (Å²) in [6.07, 6.45) is 3.24. The topological polar surface area (TPSA) is 84.2 Å². The molecule has 5 nitrogen and oxygen atoms in total. The molecule has 23 heavy (non-hydrogen) atoms. The van der Waals surface area contributed by atoms with Crippen LogP contribution in [-0.2, 0) is 9.59 Å². The molecule has 126 valence electrons. The predicted octanol–water partition coefficient (Wildman–Crippen LogP) is 2.58. The van der Waals surface area contributed by atoms with Crippen LogP contribution < -0.4 is 16.4 Å². The van der Waals surface area contributed by atoms with Crippen molar-refractivity contribution < 1.29 is 9.59 Å². The number of aryl methyl sites for hydroxylation is 1. The molecule has 0 aromatic heterocycles. The molecule has 1 aliphatic carbocycles. The standard InChI is InChI=1S/C17H24BrN3O2/c1-11-5-6-13(18)9-15(11)21-16(22)7-8-20-17(23)14-4-2-3-12(14)10-19/h5-6,9,12,14H,2-4,7-8,10,19H2,1H3,(H,20,23)(H,21,22)/t12-,14-/m1/s1. The molecule has 0 heterocycles. The molecule has 1 fully saturated rings. The summed E-state index contributed by atoms with van der Waals surface area (Å²) in [6.45, 7) is 2.85. The fourth-order valence-electron chi connectivity index (χ4n) is 3.04. The van der Waals surface area contributed by atoms with Gasteiger partial charge in [-0.2, -0.15) is 0 Å². The Morgan fingerprint density at radius 2 is 2.13 bits per heavy atom. The van der Waals surface area contributed by atoms with Gasteiger partial charge in [0, 0.05) is 29.0 Å². The lowest BCUT2D eigenvalue weighted by Gasteiger charge is -2.17. The number of halogens is 1. The number of hydrogen-bond donors (Lipinski definition) is 3. The van der Waals surface area contributed by atoms with Crippen LogP contribution in [0.1, 0.15) is 31.2 Å². The molecule has 1 aromatic carbocycles. The molecule has 2 amide bonds. The van der Waals surface area contributed by atoms with E-state index in [0.717, 1.165) is 35.0 Å². The smallest absolute Gasteiger partial charge is 0.226 e. The van der Waals surface area contributed by atoms with Gasteiger partial charge in [-0.3, -0.25) is 9.59 Å². The largest absolute Gasteiger partial charge is 0.355 e. The zero-order valence-electron chi connectivity index (χ0n) is 13.4. The summed E-state index contributed by atoms with van der Waals surface area (Å²) in [5, 5.41) is 5.74. The third-order valence-corrected chi connectivity index (χ3v) is 4.92. The van der Waals surface area contributed by atoms with E-state index < -0.39 is 0 Å². The minimum Gasteiger partial charge on any atom is -0.355 e. The lowest BCUT2D eigenvalue weighted by molar-refractivity contribution is -0.126. The molecular weight excluding hydrogens is 358 g/mol. The molecule has 1 aliphatic rings. The van der Waals surface area contributed by atoms with Crippen molar-refractivity contribution >= 4 is 33.4 Å². The quantitative estimate of drug-likeness (QED) is 0.707. The number of anilines is 1. The molecule has 0 aliphatic heterocycles. The maximum atomic E-state index is 12.1. The second-order valence-electron chi connectivity index (χ2n) is 6.08. The van der Waals surface area contributed by atoms with Gasteiger partial charge >= 0.3 is 0 Å². The fraction of sp³-hybridized carbons (Fsp3) is 0.529. The van der Waals surface area contributed by atoms with Crippen molar-refractivity contribution in [3.8, 4) is 0 Å². The van der Waals surface area contributed by atoms with Crippen LogP contribution in [0.15, 0.2) is 22.7 Å². The summed E-state index contributed by atoms with van der Waals surface area (Å²) in [4.78, 5) is 24.2. The van der Waals surface area contributed by atoms with E-state index in [2.05, 4.69) is 26.6 Å². The lowest BCUT2D eigenvalue weighted by Crippen LogP contribution is -2.36. The van der Waals surface area contributed by atoms with Crippen molar-refractivity contribution in [1.29, 1.82) is 0 Å². The summed E-state index contributed by atoms with van der Waals surface area (Å²) >= 11 is 3.39. The minimum atomic E-state index is -0.103. The number of carbonyl (C=O) groups is 2.